The van der Waals surface area contributed by atoms with E-state index in [9.17, 15) is 0 Å². The number of hydrogen-bond acceptors (Lipinski definition) is 0. The molecular weight excluding hydrogens is 620 g/mol. The summed E-state index contributed by atoms with van der Waals surface area (Å²) in [6.45, 7) is 24.1. The molecule has 1 heteroatoms. The van der Waals surface area contributed by atoms with E-state index in [0.717, 1.165) is 6.42 Å². The first-order valence-electron chi connectivity index (χ1n) is 17.7. The van der Waals surface area contributed by atoms with E-state index in [2.05, 4.69) is 135 Å². The molecule has 6 rings (SSSR count). The Kier molecular flexibility index (Phi) is 7.81. The molecule has 1 saturated carbocycles. The van der Waals surface area contributed by atoms with Crippen molar-refractivity contribution in [2.45, 2.75) is 123 Å². The van der Waals surface area contributed by atoms with Crippen molar-refractivity contribution in [3.05, 3.63) is 103 Å². The molecule has 3 aromatic rings. The number of fused-ring (bicyclic) bond motifs is 3. The summed E-state index contributed by atoms with van der Waals surface area (Å²) >= 11 is -4.46. The molecule has 0 saturated heterocycles. The van der Waals surface area contributed by atoms with Gasteiger partial charge in [0.15, 0.2) is 0 Å². The van der Waals surface area contributed by atoms with Crippen LogP contribution in [0.5, 0.6) is 0 Å². The molecule has 0 aliphatic heterocycles. The quantitative estimate of drug-likeness (QED) is 0.202. The zero-order valence-corrected chi connectivity index (χ0v) is 32.8. The minimum absolute atomic E-state index is 0.0304. The Bertz CT molecular complexity index is 1810. The summed E-state index contributed by atoms with van der Waals surface area (Å²) < 4.78 is 13.2. The third kappa shape index (κ3) is 5.14. The Balaban J connectivity index is 1.70. The van der Waals surface area contributed by atoms with Gasteiger partial charge in [0.05, 0.1) is 0 Å². The maximum atomic E-state index is 5.68. The van der Waals surface area contributed by atoms with Gasteiger partial charge in [-0.3, -0.25) is 0 Å². The summed E-state index contributed by atoms with van der Waals surface area (Å²) in [5.74, 6) is 0.402. The third-order valence-corrected chi connectivity index (χ3v) is 27.3. The van der Waals surface area contributed by atoms with Gasteiger partial charge in [-0.25, -0.2) is 0 Å². The summed E-state index contributed by atoms with van der Waals surface area (Å²) in [4.78, 5) is 0. The van der Waals surface area contributed by atoms with Crippen molar-refractivity contribution in [1.29, 1.82) is 0 Å². The fraction of sp³-hybridized carbons (Fsp3) is 0.477. The molecule has 238 valence electrons. The Hall–Kier alpha value is -2.11. The van der Waals surface area contributed by atoms with Crippen LogP contribution in [-0.2, 0) is 35.5 Å². The fourth-order valence-electron chi connectivity index (χ4n) is 9.98. The molecule has 3 aromatic carbocycles. The molecule has 45 heavy (non-hydrogen) atoms. The van der Waals surface area contributed by atoms with Gasteiger partial charge < -0.3 is 0 Å². The van der Waals surface area contributed by atoms with Crippen molar-refractivity contribution < 1.29 is 18.3 Å². The molecule has 0 heterocycles. The summed E-state index contributed by atoms with van der Waals surface area (Å²) in [5.41, 5.74) is 13.9. The standard InChI is InChI=1S/C23H29.C13H19.C6H5.CH3.CH2.Zr/c1-14-9-16-11-17-10-15(2)21(23(6,7)8)13-19(17)18(16)12-20(14)22(3,4)5;1-11-6-7-12(10-11)13(2)8-4-3-5-9-13;1-2-4-6-5-3-1;;;/h9,12-13H,11H2,1-8H3;7,10-11H,3-5,8-9H2,1-2H3;1-5H;1H3;1H2;. The van der Waals surface area contributed by atoms with E-state index in [1.54, 1.807) is 17.7 Å². The minimum atomic E-state index is -4.46. The van der Waals surface area contributed by atoms with E-state index >= 15 is 0 Å². The molecular formula is C44H58Zr. The average Bonchev–Trinajstić information content (AvgIpc) is 3.52. The molecule has 1 atom stereocenters. The molecule has 0 N–H and O–H groups in total. The van der Waals surface area contributed by atoms with Crippen molar-refractivity contribution in [2.24, 2.45) is 11.3 Å². The molecule has 0 aromatic heterocycles. The fourth-order valence-corrected chi connectivity index (χ4v) is 24.9. The van der Waals surface area contributed by atoms with Crippen LogP contribution in [0.1, 0.15) is 121 Å². The van der Waals surface area contributed by atoms with Crippen molar-refractivity contribution in [1.82, 2.24) is 0 Å². The molecule has 3 aliphatic rings. The second-order valence-electron chi connectivity index (χ2n) is 18.0. The van der Waals surface area contributed by atoms with E-state index in [1.807, 2.05) is 0 Å². The van der Waals surface area contributed by atoms with Gasteiger partial charge in [0, 0.05) is 0 Å². The van der Waals surface area contributed by atoms with Crippen LogP contribution < -0.4 is 6.54 Å². The Morgan fingerprint density at radius 1 is 0.822 bits per heavy atom. The van der Waals surface area contributed by atoms with Gasteiger partial charge in [-0.15, -0.1) is 0 Å². The van der Waals surface area contributed by atoms with Gasteiger partial charge in [-0.2, -0.15) is 0 Å². The Morgan fingerprint density at radius 3 is 2.02 bits per heavy atom. The van der Waals surface area contributed by atoms with Gasteiger partial charge in [0.2, 0.25) is 0 Å². The van der Waals surface area contributed by atoms with E-state index in [1.165, 1.54) is 74.3 Å². The third-order valence-electron chi connectivity index (χ3n) is 12.3. The monoisotopic (exact) mass is 676 g/mol. The van der Waals surface area contributed by atoms with Gasteiger partial charge >= 0.3 is 278 Å². The van der Waals surface area contributed by atoms with Gasteiger partial charge in [-0.05, 0) is 0 Å². The summed E-state index contributed by atoms with van der Waals surface area (Å²) in [6, 6.07) is 19.2. The van der Waals surface area contributed by atoms with Crippen LogP contribution in [0.25, 0.3) is 11.1 Å². The van der Waals surface area contributed by atoms with Crippen molar-refractivity contribution in [2.75, 3.05) is 0 Å². The van der Waals surface area contributed by atoms with E-state index in [0.29, 0.717) is 5.92 Å². The normalized spacial score (nSPS) is 20.0. The SMILES string of the molecule is [CH2]=[Zr]([CH3])([C]1=CC(C2(C)CCCCC2)=CC1C)([c]1ccccc1)[c]1c(C)c(C(C)(C)C)cc2c1Cc1cc(C)c(C(C)(C)C)cc1-2. The van der Waals surface area contributed by atoms with E-state index in [-0.39, 0.29) is 16.2 Å². The number of aryl methyl sites for hydroxylation is 1. The topological polar surface area (TPSA) is 0 Å². The van der Waals surface area contributed by atoms with Crippen molar-refractivity contribution >= 4 is 10.8 Å². The van der Waals surface area contributed by atoms with Crippen molar-refractivity contribution in [3.8, 4) is 11.1 Å². The molecule has 0 spiro atoms. The molecule has 3 aliphatic carbocycles. The first-order chi connectivity index (χ1) is 20.9. The summed E-state index contributed by atoms with van der Waals surface area (Å²) in [5, 5.41) is 0. The Labute approximate surface area is 276 Å². The number of benzene rings is 3. The van der Waals surface area contributed by atoms with Crippen LogP contribution in [-0.4, -0.2) is 4.21 Å². The Morgan fingerprint density at radius 2 is 1.42 bits per heavy atom. The molecule has 1 fully saturated rings. The number of rotatable bonds is 4. The molecule has 0 radical (unpaired) electrons. The number of hydrogen-bond donors (Lipinski definition) is 0. The first-order valence-corrected chi connectivity index (χ1v) is 25.6. The average molecular weight is 678 g/mol. The molecule has 0 bridgehead atoms. The summed E-state index contributed by atoms with van der Waals surface area (Å²) in [7, 11) is 0. The van der Waals surface area contributed by atoms with Gasteiger partial charge in [0.1, 0.15) is 0 Å². The zero-order chi connectivity index (χ0) is 32.8. The molecule has 1 unspecified atom stereocenters. The predicted molar refractivity (Wildman–Crippen MR) is 197 cm³/mol. The van der Waals surface area contributed by atoms with Crippen LogP contribution in [0.15, 0.2) is 69.5 Å². The van der Waals surface area contributed by atoms with E-state index in [4.69, 9.17) is 4.21 Å². The second-order valence-corrected chi connectivity index (χ2v) is 31.9. The molecule has 0 amide bonds. The van der Waals surface area contributed by atoms with Crippen LogP contribution in [0.4, 0.5) is 0 Å². The van der Waals surface area contributed by atoms with Crippen LogP contribution in [0, 0.1) is 25.2 Å². The number of allylic oxidation sites excluding steroid dienone is 4. The second kappa shape index (κ2) is 10.7. The first kappa shape index (κ1) is 32.8. The van der Waals surface area contributed by atoms with Crippen LogP contribution in [0.3, 0.4) is 0 Å². The van der Waals surface area contributed by atoms with Gasteiger partial charge in [0.25, 0.3) is 0 Å². The van der Waals surface area contributed by atoms with Gasteiger partial charge in [-0.1, -0.05) is 0 Å². The van der Waals surface area contributed by atoms with Crippen LogP contribution >= 0.6 is 0 Å². The predicted octanol–water partition coefficient (Wildman–Crippen LogP) is 11.0. The molecule has 0 nitrogen and oxygen atoms in total. The summed E-state index contributed by atoms with van der Waals surface area (Å²) in [6.07, 6.45) is 13.1. The maximum absolute atomic E-state index is 5.68. The van der Waals surface area contributed by atoms with E-state index < -0.39 is 18.3 Å². The van der Waals surface area contributed by atoms with Crippen molar-refractivity contribution in [3.63, 3.8) is 0 Å². The van der Waals surface area contributed by atoms with Crippen LogP contribution in [0.2, 0.25) is 4.63 Å². The zero-order valence-electron chi connectivity index (χ0n) is 30.3.